The summed E-state index contributed by atoms with van der Waals surface area (Å²) in [6.07, 6.45) is 5.49. The van der Waals surface area contributed by atoms with Crippen LogP contribution in [0, 0.1) is 19.8 Å². The molecule has 6 heteroatoms. The topological polar surface area (TPSA) is 68.2 Å². The van der Waals surface area contributed by atoms with Crippen molar-refractivity contribution in [2.45, 2.75) is 58.8 Å². The van der Waals surface area contributed by atoms with E-state index in [4.69, 9.17) is 11.6 Å². The zero-order valence-corrected chi connectivity index (χ0v) is 20.6. The van der Waals surface area contributed by atoms with Crippen LogP contribution >= 0.6 is 11.6 Å². The molecule has 0 radical (unpaired) electrons. The van der Waals surface area contributed by atoms with Gasteiger partial charge in [0.15, 0.2) is 0 Å². The number of amides is 1. The van der Waals surface area contributed by atoms with Gasteiger partial charge < -0.3 is 5.32 Å². The molecular formula is C28H31ClN2O3. The molecule has 3 aromatic rings. The average Bonchev–Trinajstić information content (AvgIpc) is 3.44. The summed E-state index contributed by atoms with van der Waals surface area (Å²) in [5.41, 5.74) is 4.09. The van der Waals surface area contributed by atoms with E-state index >= 15 is 0 Å². The normalized spacial score (nSPS) is 14.0. The number of hydrogen-bond acceptors (Lipinski definition) is 3. The third kappa shape index (κ3) is 5.25. The molecule has 1 fully saturated rings. The number of nitrogens with zero attached hydrogens (tertiary/aromatic N) is 1. The molecule has 5 nitrogen and oxygen atoms in total. The van der Waals surface area contributed by atoms with Crippen LogP contribution in [0.3, 0.4) is 0 Å². The van der Waals surface area contributed by atoms with Crippen LogP contribution in [0.2, 0.25) is 5.02 Å². The summed E-state index contributed by atoms with van der Waals surface area (Å²) < 4.78 is 1.70. The van der Waals surface area contributed by atoms with E-state index in [1.165, 1.54) is 0 Å². The number of nitrogens with one attached hydrogen (secondary N) is 1. The molecule has 1 N–H and O–H groups in total. The highest BCUT2D eigenvalue weighted by Crippen LogP contribution is 2.29. The number of aryl methyl sites for hydroxylation is 1. The van der Waals surface area contributed by atoms with E-state index in [2.05, 4.69) is 5.32 Å². The van der Waals surface area contributed by atoms with Gasteiger partial charge in [0.2, 0.25) is 5.91 Å². The number of carbonyl (C=O) groups excluding carboxylic acids is 3. The summed E-state index contributed by atoms with van der Waals surface area (Å²) in [5, 5.41) is 4.49. The average molecular weight is 479 g/mol. The number of fused-ring (bicyclic) bond motifs is 1. The van der Waals surface area contributed by atoms with Crippen LogP contribution in [0.15, 0.2) is 42.5 Å². The Hall–Kier alpha value is -2.92. The molecule has 0 unspecified atom stereocenters. The zero-order chi connectivity index (χ0) is 24.2. The number of aromatic nitrogens is 1. The van der Waals surface area contributed by atoms with Gasteiger partial charge in [-0.25, -0.2) is 0 Å². The lowest BCUT2D eigenvalue weighted by Crippen LogP contribution is -2.30. The van der Waals surface area contributed by atoms with E-state index in [9.17, 15) is 14.4 Å². The smallest absolute Gasteiger partial charge is 0.262 e. The second-order valence-electron chi connectivity index (χ2n) is 9.32. The lowest BCUT2D eigenvalue weighted by atomic mass is 10.0. The van der Waals surface area contributed by atoms with Gasteiger partial charge >= 0.3 is 0 Å². The number of benzene rings is 2. The van der Waals surface area contributed by atoms with Crippen LogP contribution in [0.5, 0.6) is 0 Å². The first-order valence-corrected chi connectivity index (χ1v) is 12.4. The van der Waals surface area contributed by atoms with Gasteiger partial charge in [-0.15, -0.1) is 0 Å². The summed E-state index contributed by atoms with van der Waals surface area (Å²) in [4.78, 5) is 38.4. The molecule has 1 aliphatic carbocycles. The van der Waals surface area contributed by atoms with Gasteiger partial charge in [-0.3, -0.25) is 19.0 Å². The minimum absolute atomic E-state index is 0.109. The lowest BCUT2D eigenvalue weighted by molar-refractivity contribution is -0.125. The summed E-state index contributed by atoms with van der Waals surface area (Å²) in [6, 6.07) is 12.8. The van der Waals surface area contributed by atoms with E-state index in [-0.39, 0.29) is 29.9 Å². The third-order valence-electron chi connectivity index (χ3n) is 6.82. The molecule has 0 aliphatic heterocycles. The van der Waals surface area contributed by atoms with Gasteiger partial charge in [-0.2, -0.15) is 0 Å². The number of Topliss-reactive ketones (excluding diaryl/α,β-unsaturated/α-hetero) is 1. The maximum Gasteiger partial charge on any atom is 0.262 e. The predicted molar refractivity (Wildman–Crippen MR) is 136 cm³/mol. The van der Waals surface area contributed by atoms with E-state index in [0.717, 1.165) is 53.4 Å². The Balaban J connectivity index is 1.48. The van der Waals surface area contributed by atoms with Crippen LogP contribution in [0.1, 0.15) is 65.7 Å². The van der Waals surface area contributed by atoms with E-state index in [1.807, 2.05) is 32.0 Å². The molecule has 1 saturated carbocycles. The standard InChI is InChI=1S/C28H31ClN2O3/c1-18-9-14-26-25(16-18)24(19(2)31(26)28(34)21-10-12-22(29)13-11-21)17-23(32)8-5-15-30-27(33)20-6-3-4-7-20/h9-14,16,20H,3-8,15,17H2,1-2H3,(H,30,33). The number of ketones is 1. The number of hydrogen-bond donors (Lipinski definition) is 1. The Kier molecular flexibility index (Phi) is 7.52. The van der Waals surface area contributed by atoms with Crippen molar-refractivity contribution in [3.05, 3.63) is 69.9 Å². The van der Waals surface area contributed by atoms with Crippen molar-refractivity contribution in [2.24, 2.45) is 5.92 Å². The Bertz CT molecular complexity index is 1220. The maximum absolute atomic E-state index is 13.4. The van der Waals surface area contributed by atoms with E-state index in [0.29, 0.717) is 30.0 Å². The molecule has 1 aliphatic rings. The SMILES string of the molecule is Cc1ccc2c(c1)c(CC(=O)CCCNC(=O)C1CCCC1)c(C)n2C(=O)c1ccc(Cl)cc1. The van der Waals surface area contributed by atoms with E-state index < -0.39 is 0 Å². The number of rotatable bonds is 8. The van der Waals surface area contributed by atoms with Gasteiger partial charge in [0.05, 0.1) is 5.52 Å². The molecule has 1 aromatic heterocycles. The van der Waals surface area contributed by atoms with Crippen molar-refractivity contribution in [2.75, 3.05) is 6.54 Å². The minimum Gasteiger partial charge on any atom is -0.356 e. The van der Waals surface area contributed by atoms with Crippen LogP contribution < -0.4 is 5.32 Å². The second kappa shape index (κ2) is 10.6. The van der Waals surface area contributed by atoms with Crippen molar-refractivity contribution in [1.29, 1.82) is 0 Å². The van der Waals surface area contributed by atoms with Crippen molar-refractivity contribution in [3.63, 3.8) is 0 Å². The van der Waals surface area contributed by atoms with Gasteiger partial charge in [-0.1, -0.05) is 36.1 Å². The van der Waals surface area contributed by atoms with Crippen molar-refractivity contribution in [1.82, 2.24) is 9.88 Å². The summed E-state index contributed by atoms with van der Waals surface area (Å²) in [6.45, 7) is 4.43. The molecule has 1 amide bonds. The first-order chi connectivity index (χ1) is 16.3. The Morgan fingerprint density at radius 1 is 1.03 bits per heavy atom. The molecule has 34 heavy (non-hydrogen) atoms. The molecule has 0 bridgehead atoms. The van der Waals surface area contributed by atoms with Crippen LogP contribution in [-0.4, -0.2) is 28.7 Å². The predicted octanol–water partition coefficient (Wildman–Crippen LogP) is 5.80. The molecule has 0 spiro atoms. The molecular weight excluding hydrogens is 448 g/mol. The first-order valence-electron chi connectivity index (χ1n) is 12.1. The molecule has 1 heterocycles. The quantitative estimate of drug-likeness (QED) is 0.416. The Labute approximate surface area is 205 Å². The van der Waals surface area contributed by atoms with Crippen LogP contribution in [0.4, 0.5) is 0 Å². The van der Waals surface area contributed by atoms with Crippen molar-refractivity contribution in [3.8, 4) is 0 Å². The van der Waals surface area contributed by atoms with Crippen LogP contribution in [0.25, 0.3) is 10.9 Å². The van der Waals surface area contributed by atoms with Gasteiger partial charge in [0.1, 0.15) is 5.78 Å². The highest BCUT2D eigenvalue weighted by molar-refractivity contribution is 6.30. The third-order valence-corrected chi connectivity index (χ3v) is 7.07. The fourth-order valence-electron chi connectivity index (χ4n) is 4.92. The molecule has 4 rings (SSSR count). The number of carbonyl (C=O) groups is 3. The molecule has 178 valence electrons. The largest absolute Gasteiger partial charge is 0.356 e. The Morgan fingerprint density at radius 2 is 1.74 bits per heavy atom. The highest BCUT2D eigenvalue weighted by Gasteiger charge is 2.23. The Morgan fingerprint density at radius 3 is 2.44 bits per heavy atom. The first kappa shape index (κ1) is 24.2. The highest BCUT2D eigenvalue weighted by atomic mass is 35.5. The van der Waals surface area contributed by atoms with E-state index in [1.54, 1.807) is 28.8 Å². The minimum atomic E-state index is -0.142. The molecule has 2 aromatic carbocycles. The molecule has 0 saturated heterocycles. The summed E-state index contributed by atoms with van der Waals surface area (Å²) in [7, 11) is 0. The maximum atomic E-state index is 13.4. The lowest BCUT2D eigenvalue weighted by Gasteiger charge is -2.10. The fraction of sp³-hybridized carbons (Fsp3) is 0.393. The van der Waals surface area contributed by atoms with Gasteiger partial charge in [0, 0.05) is 47.0 Å². The monoisotopic (exact) mass is 478 g/mol. The van der Waals surface area contributed by atoms with Gasteiger partial charge in [0.25, 0.3) is 5.91 Å². The summed E-state index contributed by atoms with van der Waals surface area (Å²) >= 11 is 5.99. The van der Waals surface area contributed by atoms with Crippen molar-refractivity contribution >= 4 is 40.1 Å². The fourth-order valence-corrected chi connectivity index (χ4v) is 5.04. The molecule has 0 atom stereocenters. The van der Waals surface area contributed by atoms with Gasteiger partial charge in [-0.05, 0) is 75.1 Å². The second-order valence-corrected chi connectivity index (χ2v) is 9.76. The zero-order valence-electron chi connectivity index (χ0n) is 19.8. The van der Waals surface area contributed by atoms with Crippen molar-refractivity contribution < 1.29 is 14.4 Å². The summed E-state index contributed by atoms with van der Waals surface area (Å²) in [5.74, 6) is 0.236. The number of halogens is 1. The van der Waals surface area contributed by atoms with Crippen LogP contribution in [-0.2, 0) is 16.0 Å².